The van der Waals surface area contributed by atoms with Gasteiger partial charge in [-0.1, -0.05) is 41.5 Å². The Kier molecular flexibility index (Phi) is 10.4. The number of morpholine rings is 1. The molecule has 2 saturated heterocycles. The van der Waals surface area contributed by atoms with Crippen LogP contribution in [0.3, 0.4) is 0 Å². The molecule has 3 N–H and O–H groups in total. The maximum absolute atomic E-state index is 12.9. The number of aromatic nitrogens is 4. The van der Waals surface area contributed by atoms with Gasteiger partial charge in [-0.25, -0.2) is 19.7 Å². The van der Waals surface area contributed by atoms with Gasteiger partial charge in [0.15, 0.2) is 5.13 Å². The van der Waals surface area contributed by atoms with E-state index in [1.807, 2.05) is 0 Å². The maximum atomic E-state index is 12.9. The van der Waals surface area contributed by atoms with Gasteiger partial charge in [0.05, 0.1) is 42.3 Å². The number of hydrogen-bond acceptors (Lipinski definition) is 11. The highest BCUT2D eigenvalue weighted by Gasteiger charge is 2.32. The Labute approximate surface area is 264 Å². The molecule has 0 aliphatic carbocycles. The van der Waals surface area contributed by atoms with Crippen LogP contribution in [0.15, 0.2) is 12.4 Å². The number of thiazole rings is 1. The Balaban J connectivity index is 1.25. The van der Waals surface area contributed by atoms with Gasteiger partial charge in [-0.05, 0) is 26.2 Å². The van der Waals surface area contributed by atoms with Gasteiger partial charge in [-0.3, -0.25) is 9.69 Å². The molecule has 0 spiro atoms. The number of nitrogens with zero attached hydrogens (tertiary/aromatic N) is 5. The van der Waals surface area contributed by atoms with E-state index in [1.165, 1.54) is 11.3 Å². The van der Waals surface area contributed by atoms with Crippen molar-refractivity contribution in [1.82, 2.24) is 30.2 Å². The second kappa shape index (κ2) is 14.2. The van der Waals surface area contributed by atoms with E-state index in [0.29, 0.717) is 57.4 Å². The van der Waals surface area contributed by atoms with Crippen LogP contribution in [0.25, 0.3) is 11.4 Å². The summed E-state index contributed by atoms with van der Waals surface area (Å²) in [6.07, 6.45) is 3.97. The van der Waals surface area contributed by atoms with Crippen LogP contribution in [0.4, 0.5) is 10.9 Å². The number of hydrogen-bond donors (Lipinski definition) is 3. The molecule has 2 atom stereocenters. The van der Waals surface area contributed by atoms with Crippen LogP contribution in [0, 0.1) is 12.8 Å². The summed E-state index contributed by atoms with van der Waals surface area (Å²) < 4.78 is 10.7. The number of carbonyl (C=O) groups excluding carboxylic acids is 2. The number of ether oxygens (including phenoxy) is 2. The van der Waals surface area contributed by atoms with Crippen molar-refractivity contribution in [2.75, 3.05) is 69.3 Å². The first-order valence-electron chi connectivity index (χ1n) is 14.4. The number of piperidine rings is 1. The molecule has 5 heterocycles. The van der Waals surface area contributed by atoms with Gasteiger partial charge in [-0.2, -0.15) is 0 Å². The van der Waals surface area contributed by atoms with Gasteiger partial charge in [0.2, 0.25) is 0 Å². The van der Waals surface area contributed by atoms with E-state index >= 15 is 0 Å². The number of nitrogens with one attached hydrogen (secondary N) is 3. The van der Waals surface area contributed by atoms with Gasteiger partial charge in [0.1, 0.15) is 27.8 Å². The molecular weight excluding hydrogens is 615 g/mol. The third kappa shape index (κ3) is 7.40. The first-order chi connectivity index (χ1) is 20.7. The van der Waals surface area contributed by atoms with E-state index in [0.717, 1.165) is 39.4 Å². The van der Waals surface area contributed by atoms with E-state index in [9.17, 15) is 9.59 Å². The maximum Gasteiger partial charge on any atom is 0.350 e. The molecule has 0 aromatic carbocycles. The largest absolute Gasteiger partial charge is 0.462 e. The van der Waals surface area contributed by atoms with Crippen LogP contribution >= 0.6 is 34.5 Å². The van der Waals surface area contributed by atoms with E-state index in [4.69, 9.17) is 37.7 Å². The third-order valence-corrected chi connectivity index (χ3v) is 9.63. The first kappa shape index (κ1) is 31.5. The van der Waals surface area contributed by atoms with Crippen LogP contribution in [-0.4, -0.2) is 102 Å². The van der Waals surface area contributed by atoms with Crippen molar-refractivity contribution in [3.63, 3.8) is 0 Å². The van der Waals surface area contributed by atoms with Crippen molar-refractivity contribution in [1.29, 1.82) is 0 Å². The van der Waals surface area contributed by atoms with Gasteiger partial charge >= 0.3 is 5.97 Å². The normalized spacial score (nSPS) is 19.3. The van der Waals surface area contributed by atoms with Gasteiger partial charge in [-0.15, -0.1) is 0 Å². The summed E-state index contributed by atoms with van der Waals surface area (Å²) in [6.45, 7) is 12.1. The number of H-pyrrole nitrogens is 1. The average molecular weight is 652 g/mol. The summed E-state index contributed by atoms with van der Waals surface area (Å²) in [7, 11) is 0. The monoisotopic (exact) mass is 650 g/mol. The summed E-state index contributed by atoms with van der Waals surface area (Å²) in [5, 5.41) is 7.67. The Hall–Kier alpha value is -2.97. The number of aryl methyl sites for hydroxylation is 1. The minimum Gasteiger partial charge on any atom is -0.462 e. The molecule has 1 amide bonds. The highest BCUT2D eigenvalue weighted by atomic mass is 35.5. The van der Waals surface area contributed by atoms with E-state index in [2.05, 4.69) is 42.3 Å². The molecule has 43 heavy (non-hydrogen) atoms. The molecule has 2 aliphatic heterocycles. The lowest BCUT2D eigenvalue weighted by molar-refractivity contribution is 0.0398. The first-order valence-corrected chi connectivity index (χ1v) is 16.0. The summed E-state index contributed by atoms with van der Waals surface area (Å²) in [5.74, 6) is 0.0250. The molecule has 0 bridgehead atoms. The standard InChI is InChI=1S/C28H36Cl2N8O4S/c1-4-42-27(40)25-23(19-13-33-20(14-32-19)31-6-8-37-9-11-41-12-10-37)36-28(43-25)38-7-5-18(16(2)15-38)35-26(39)24-22(30)21(29)17(3)34-24/h13-14,16,18,34H,4-12,15H2,1-3H3,(H,31,33)(H,35,39)/t16-,18+/m0/s1. The van der Waals surface area contributed by atoms with Crippen molar-refractivity contribution in [2.24, 2.45) is 5.92 Å². The van der Waals surface area contributed by atoms with Crippen molar-refractivity contribution >= 4 is 57.4 Å². The van der Waals surface area contributed by atoms with Gasteiger partial charge in [0.25, 0.3) is 5.91 Å². The van der Waals surface area contributed by atoms with E-state index in [1.54, 1.807) is 26.2 Å². The summed E-state index contributed by atoms with van der Waals surface area (Å²) in [4.78, 5) is 47.5. The number of carbonyl (C=O) groups is 2. The van der Waals surface area contributed by atoms with Crippen molar-refractivity contribution in [3.05, 3.63) is 38.7 Å². The average Bonchev–Trinajstić information content (AvgIpc) is 3.57. The zero-order valence-corrected chi connectivity index (χ0v) is 26.7. The minimum absolute atomic E-state index is 0.0692. The lowest BCUT2D eigenvalue weighted by Crippen LogP contribution is -2.50. The Bertz CT molecular complexity index is 1430. The molecular formula is C28H36Cl2N8O4S. The number of halogens is 2. The third-order valence-electron chi connectivity index (χ3n) is 7.58. The van der Waals surface area contributed by atoms with Crippen molar-refractivity contribution in [2.45, 2.75) is 33.2 Å². The summed E-state index contributed by atoms with van der Waals surface area (Å²) >= 11 is 13.7. The molecule has 232 valence electrons. The Morgan fingerprint density at radius 1 is 1.19 bits per heavy atom. The van der Waals surface area contributed by atoms with Crippen LogP contribution < -0.4 is 15.5 Å². The van der Waals surface area contributed by atoms with Crippen LogP contribution in [-0.2, 0) is 9.47 Å². The SMILES string of the molecule is CCOC(=O)c1sc(N2CC[C@@H](NC(=O)c3[nH]c(C)c(Cl)c3Cl)[C@@H](C)C2)nc1-c1cnc(NCCN2CCOCC2)cn1. The fraction of sp³-hybridized carbons (Fsp3) is 0.536. The van der Waals surface area contributed by atoms with Crippen LogP contribution in [0.1, 0.15) is 46.1 Å². The predicted octanol–water partition coefficient (Wildman–Crippen LogP) is 4.11. The van der Waals surface area contributed by atoms with Crippen LogP contribution in [0.5, 0.6) is 0 Å². The number of esters is 1. The molecule has 12 nitrogen and oxygen atoms in total. The molecule has 3 aromatic rings. The smallest absolute Gasteiger partial charge is 0.350 e. The number of amides is 1. The molecule has 0 radical (unpaired) electrons. The van der Waals surface area contributed by atoms with E-state index < -0.39 is 5.97 Å². The number of rotatable bonds is 10. The van der Waals surface area contributed by atoms with Gasteiger partial charge in [0, 0.05) is 51.0 Å². The lowest BCUT2D eigenvalue weighted by atomic mass is 9.94. The minimum atomic E-state index is -0.442. The van der Waals surface area contributed by atoms with Crippen molar-refractivity contribution in [3.8, 4) is 11.4 Å². The molecule has 2 aliphatic rings. The van der Waals surface area contributed by atoms with Crippen LogP contribution in [0.2, 0.25) is 10.0 Å². The second-order valence-electron chi connectivity index (χ2n) is 10.6. The molecule has 0 unspecified atom stereocenters. The second-order valence-corrected chi connectivity index (χ2v) is 12.3. The Morgan fingerprint density at radius 2 is 1.98 bits per heavy atom. The molecule has 0 saturated carbocycles. The fourth-order valence-electron chi connectivity index (χ4n) is 5.16. The number of anilines is 2. The molecule has 5 rings (SSSR count). The topological polar surface area (TPSA) is 138 Å². The predicted molar refractivity (Wildman–Crippen MR) is 168 cm³/mol. The molecule has 15 heteroatoms. The zero-order chi connectivity index (χ0) is 30.5. The van der Waals surface area contributed by atoms with Crippen molar-refractivity contribution < 1.29 is 19.1 Å². The van der Waals surface area contributed by atoms with E-state index in [-0.39, 0.29) is 35.2 Å². The lowest BCUT2D eigenvalue weighted by Gasteiger charge is -2.37. The fourth-order valence-corrected chi connectivity index (χ4v) is 6.58. The molecule has 2 fully saturated rings. The number of aromatic amines is 1. The summed E-state index contributed by atoms with van der Waals surface area (Å²) in [5.41, 5.74) is 1.86. The quantitative estimate of drug-likeness (QED) is 0.275. The zero-order valence-electron chi connectivity index (χ0n) is 24.4. The molecule has 3 aromatic heterocycles. The summed E-state index contributed by atoms with van der Waals surface area (Å²) in [6, 6.07) is -0.0692. The Morgan fingerprint density at radius 3 is 2.63 bits per heavy atom. The van der Waals surface area contributed by atoms with Gasteiger partial charge < -0.3 is 30.0 Å². The highest BCUT2D eigenvalue weighted by Crippen LogP contribution is 2.35. The highest BCUT2D eigenvalue weighted by molar-refractivity contribution is 7.17.